The molecule has 7 heteroatoms. The molecule has 3 aromatic rings. The van der Waals surface area contributed by atoms with Crippen LogP contribution in [-0.4, -0.2) is 57.8 Å². The van der Waals surface area contributed by atoms with E-state index in [9.17, 15) is 4.79 Å². The lowest BCUT2D eigenvalue weighted by atomic mass is 10.2. The van der Waals surface area contributed by atoms with E-state index in [1.165, 1.54) is 0 Å². The highest BCUT2D eigenvalue weighted by molar-refractivity contribution is 5.88. The van der Waals surface area contributed by atoms with Gasteiger partial charge >= 0.3 is 6.03 Å². The average Bonchev–Trinajstić information content (AvgIpc) is 3.13. The number of aromatic nitrogens is 3. The Balaban J connectivity index is 1.63. The summed E-state index contributed by atoms with van der Waals surface area (Å²) in [6, 6.07) is 15.6. The van der Waals surface area contributed by atoms with E-state index >= 15 is 0 Å². The normalized spacial score (nSPS) is 10.8. The van der Waals surface area contributed by atoms with Crippen LogP contribution >= 0.6 is 0 Å². The van der Waals surface area contributed by atoms with Gasteiger partial charge in [-0.1, -0.05) is 36.4 Å². The Labute approximate surface area is 165 Å². The fourth-order valence-corrected chi connectivity index (χ4v) is 2.76. The fraction of sp³-hybridized carbons (Fsp3) is 0.286. The Morgan fingerprint density at radius 1 is 1.04 bits per heavy atom. The van der Waals surface area contributed by atoms with Crippen molar-refractivity contribution in [2.45, 2.75) is 13.1 Å². The summed E-state index contributed by atoms with van der Waals surface area (Å²) in [5.41, 5.74) is 2.15. The van der Waals surface area contributed by atoms with Crippen molar-refractivity contribution in [1.29, 1.82) is 0 Å². The molecular formula is C21H26N6O. The van der Waals surface area contributed by atoms with Crippen LogP contribution in [0.1, 0.15) is 11.1 Å². The molecule has 0 aliphatic heterocycles. The monoisotopic (exact) mass is 378 g/mol. The third-order valence-electron chi connectivity index (χ3n) is 4.26. The minimum Gasteiger partial charge on any atom is -0.319 e. The Bertz CT molecular complexity index is 863. The Morgan fingerprint density at radius 2 is 1.82 bits per heavy atom. The second-order valence-electron chi connectivity index (χ2n) is 6.90. The zero-order valence-corrected chi connectivity index (χ0v) is 16.3. The van der Waals surface area contributed by atoms with E-state index in [1.54, 1.807) is 17.3 Å². The summed E-state index contributed by atoms with van der Waals surface area (Å²) >= 11 is 0. The van der Waals surface area contributed by atoms with Gasteiger partial charge in [0, 0.05) is 44.3 Å². The van der Waals surface area contributed by atoms with Crippen LogP contribution in [0.25, 0.3) is 0 Å². The molecule has 0 unspecified atom stereocenters. The van der Waals surface area contributed by atoms with Crippen LogP contribution in [0.2, 0.25) is 0 Å². The summed E-state index contributed by atoms with van der Waals surface area (Å²) in [5, 5.41) is 7.37. The summed E-state index contributed by atoms with van der Waals surface area (Å²) < 4.78 is 1.82. The van der Waals surface area contributed by atoms with E-state index in [0.29, 0.717) is 25.5 Å². The average molecular weight is 378 g/mol. The number of benzene rings is 1. The van der Waals surface area contributed by atoms with Crippen LogP contribution in [0.3, 0.4) is 0 Å². The van der Waals surface area contributed by atoms with E-state index < -0.39 is 0 Å². The van der Waals surface area contributed by atoms with Gasteiger partial charge in [-0.2, -0.15) is 5.10 Å². The van der Waals surface area contributed by atoms with Crippen LogP contribution in [0.15, 0.2) is 67.1 Å². The van der Waals surface area contributed by atoms with Crippen molar-refractivity contribution in [3.63, 3.8) is 0 Å². The lowest BCUT2D eigenvalue weighted by Crippen LogP contribution is -2.39. The Hall–Kier alpha value is -3.19. The van der Waals surface area contributed by atoms with Crippen molar-refractivity contribution in [3.8, 4) is 0 Å². The third kappa shape index (κ3) is 5.92. The lowest BCUT2D eigenvalue weighted by molar-refractivity contribution is 0.202. The molecule has 2 amide bonds. The highest BCUT2D eigenvalue weighted by Gasteiger charge is 2.15. The van der Waals surface area contributed by atoms with Crippen molar-refractivity contribution in [2.24, 2.45) is 0 Å². The molecule has 0 aliphatic rings. The number of carbonyl (C=O) groups is 1. The minimum atomic E-state index is -0.171. The number of pyridine rings is 1. The van der Waals surface area contributed by atoms with Crippen molar-refractivity contribution < 1.29 is 4.79 Å². The SMILES string of the molecule is CN(C)CCN(Cc1cccnc1)C(=O)Nc1ccn(Cc2ccccc2)n1. The van der Waals surface area contributed by atoms with Gasteiger partial charge < -0.3 is 9.80 Å². The van der Waals surface area contributed by atoms with Crippen molar-refractivity contribution >= 4 is 11.8 Å². The van der Waals surface area contributed by atoms with Crippen LogP contribution in [0, 0.1) is 0 Å². The summed E-state index contributed by atoms with van der Waals surface area (Å²) in [4.78, 5) is 20.8. The zero-order valence-electron chi connectivity index (χ0n) is 16.3. The number of hydrogen-bond acceptors (Lipinski definition) is 4. The van der Waals surface area contributed by atoms with Gasteiger partial charge in [0.15, 0.2) is 5.82 Å². The van der Waals surface area contributed by atoms with Gasteiger partial charge in [0.1, 0.15) is 0 Å². The molecule has 0 radical (unpaired) electrons. The van der Waals surface area contributed by atoms with Gasteiger partial charge in [0.2, 0.25) is 0 Å². The Kier molecular flexibility index (Phi) is 6.75. The predicted molar refractivity (Wildman–Crippen MR) is 110 cm³/mol. The number of nitrogens with zero attached hydrogens (tertiary/aromatic N) is 5. The second-order valence-corrected chi connectivity index (χ2v) is 6.90. The molecule has 0 bridgehead atoms. The van der Waals surface area contributed by atoms with E-state index in [2.05, 4.69) is 32.4 Å². The number of rotatable bonds is 8. The maximum absolute atomic E-state index is 12.8. The van der Waals surface area contributed by atoms with Gasteiger partial charge in [-0.15, -0.1) is 0 Å². The maximum atomic E-state index is 12.8. The molecule has 0 saturated heterocycles. The molecular weight excluding hydrogens is 352 g/mol. The third-order valence-corrected chi connectivity index (χ3v) is 4.26. The molecule has 3 rings (SSSR count). The predicted octanol–water partition coefficient (Wildman–Crippen LogP) is 2.92. The minimum absolute atomic E-state index is 0.171. The Morgan fingerprint density at radius 3 is 2.54 bits per heavy atom. The van der Waals surface area contributed by atoms with Crippen LogP contribution in [-0.2, 0) is 13.1 Å². The van der Waals surface area contributed by atoms with Gasteiger partial charge in [-0.25, -0.2) is 4.79 Å². The largest absolute Gasteiger partial charge is 0.323 e. The number of nitrogens with one attached hydrogen (secondary N) is 1. The molecule has 1 aromatic carbocycles. The number of amides is 2. The van der Waals surface area contributed by atoms with E-state index in [4.69, 9.17) is 0 Å². The molecule has 1 N–H and O–H groups in total. The van der Waals surface area contributed by atoms with Crippen LogP contribution < -0.4 is 5.32 Å². The molecule has 0 atom stereocenters. The summed E-state index contributed by atoms with van der Waals surface area (Å²) in [7, 11) is 3.98. The van der Waals surface area contributed by atoms with Gasteiger partial charge in [0.25, 0.3) is 0 Å². The highest BCUT2D eigenvalue weighted by atomic mass is 16.2. The summed E-state index contributed by atoms with van der Waals surface area (Å²) in [6.45, 7) is 2.55. The van der Waals surface area contributed by atoms with E-state index in [-0.39, 0.29) is 6.03 Å². The first kappa shape index (κ1) is 19.6. The topological polar surface area (TPSA) is 66.3 Å². The van der Waals surface area contributed by atoms with E-state index in [1.807, 2.05) is 61.4 Å². The molecule has 0 fully saturated rings. The first-order valence-corrected chi connectivity index (χ1v) is 9.27. The van der Waals surface area contributed by atoms with Crippen molar-refractivity contribution in [3.05, 3.63) is 78.2 Å². The summed E-state index contributed by atoms with van der Waals surface area (Å²) in [6.07, 6.45) is 5.38. The quantitative estimate of drug-likeness (QED) is 0.654. The molecule has 0 saturated carbocycles. The highest BCUT2D eigenvalue weighted by Crippen LogP contribution is 2.09. The fourth-order valence-electron chi connectivity index (χ4n) is 2.76. The molecule has 7 nitrogen and oxygen atoms in total. The molecule has 2 heterocycles. The molecule has 2 aromatic heterocycles. The number of likely N-dealkylation sites (N-methyl/N-ethyl adjacent to an activating group) is 1. The van der Waals surface area contributed by atoms with Gasteiger partial charge in [-0.3, -0.25) is 15.0 Å². The summed E-state index contributed by atoms with van der Waals surface area (Å²) in [5.74, 6) is 0.543. The number of hydrogen-bond donors (Lipinski definition) is 1. The number of anilines is 1. The van der Waals surface area contributed by atoms with Gasteiger partial charge in [0.05, 0.1) is 6.54 Å². The smallest absolute Gasteiger partial charge is 0.319 e. The number of urea groups is 1. The first-order valence-electron chi connectivity index (χ1n) is 9.27. The number of carbonyl (C=O) groups excluding carboxylic acids is 1. The molecule has 146 valence electrons. The van der Waals surface area contributed by atoms with Gasteiger partial charge in [-0.05, 0) is 31.3 Å². The molecule has 0 aliphatic carbocycles. The van der Waals surface area contributed by atoms with Crippen LogP contribution in [0.5, 0.6) is 0 Å². The van der Waals surface area contributed by atoms with Crippen LogP contribution in [0.4, 0.5) is 10.6 Å². The standard InChI is InChI=1S/C21H26N6O/c1-25(2)13-14-26(16-19-9-6-11-22-15-19)21(28)23-20-10-12-27(24-20)17-18-7-4-3-5-8-18/h3-12,15H,13-14,16-17H2,1-2H3,(H,23,24,28). The van der Waals surface area contributed by atoms with Crippen molar-refractivity contribution in [2.75, 3.05) is 32.5 Å². The molecule has 0 spiro atoms. The maximum Gasteiger partial charge on any atom is 0.323 e. The lowest BCUT2D eigenvalue weighted by Gasteiger charge is -2.24. The first-order chi connectivity index (χ1) is 13.6. The second kappa shape index (κ2) is 9.66. The van der Waals surface area contributed by atoms with E-state index in [0.717, 1.165) is 17.7 Å². The molecule has 28 heavy (non-hydrogen) atoms. The zero-order chi connectivity index (χ0) is 19.8. The van der Waals surface area contributed by atoms with Crippen molar-refractivity contribution in [1.82, 2.24) is 24.6 Å².